The molecule has 2 heterocycles. The van der Waals surface area contributed by atoms with E-state index in [0.717, 1.165) is 29.6 Å². The zero-order valence-electron chi connectivity index (χ0n) is 30.2. The third-order valence-corrected chi connectivity index (χ3v) is 10.6. The van der Waals surface area contributed by atoms with Crippen LogP contribution in [0.1, 0.15) is 132 Å². The van der Waals surface area contributed by atoms with Crippen LogP contribution < -0.4 is 5.46 Å². The van der Waals surface area contributed by atoms with E-state index in [1.807, 2.05) is 0 Å². The number of unbranched alkanes of at least 4 members (excludes halogenated alkanes) is 2. The van der Waals surface area contributed by atoms with Crippen LogP contribution in [0.15, 0.2) is 48.5 Å². The van der Waals surface area contributed by atoms with Crippen molar-refractivity contribution >= 4 is 34.4 Å². The average Bonchev–Trinajstić information content (AvgIpc) is 3.35. The third-order valence-electron chi connectivity index (χ3n) is 10.6. The molecule has 0 amide bonds. The van der Waals surface area contributed by atoms with Crippen molar-refractivity contribution in [3.05, 3.63) is 65.2 Å². The van der Waals surface area contributed by atoms with Gasteiger partial charge >= 0.3 is 7.12 Å². The average molecular weight is 610 g/mol. The molecule has 0 aliphatic carbocycles. The maximum absolute atomic E-state index is 12.4. The minimum absolute atomic E-state index is 0.0228. The highest BCUT2D eigenvalue weighted by molar-refractivity contribution is 6.63. The molecule has 45 heavy (non-hydrogen) atoms. The Hall–Kier alpha value is -2.76. The minimum Gasteiger partial charge on any atom is -0.506 e. The Morgan fingerprint density at radius 1 is 0.689 bits per heavy atom. The molecule has 1 N–H and O–H groups in total. The van der Waals surface area contributed by atoms with Crippen LogP contribution in [-0.4, -0.2) is 28.0 Å². The molecule has 1 fully saturated rings. The molecule has 0 radical (unpaired) electrons. The number of hydrogen-bond acceptors (Lipinski definition) is 3. The molecule has 4 aromatic rings. The molecule has 1 aliphatic rings. The Morgan fingerprint density at radius 3 is 1.62 bits per heavy atom. The van der Waals surface area contributed by atoms with E-state index in [0.29, 0.717) is 5.46 Å². The number of fused-ring (bicyclic) bond motifs is 3. The molecule has 5 heteroatoms. The largest absolute Gasteiger partial charge is 0.506 e. The van der Waals surface area contributed by atoms with E-state index in [-0.39, 0.29) is 22.0 Å². The Kier molecular flexibility index (Phi) is 8.36. The lowest BCUT2D eigenvalue weighted by Crippen LogP contribution is -2.41. The van der Waals surface area contributed by atoms with E-state index in [4.69, 9.17) is 9.31 Å². The van der Waals surface area contributed by atoms with Crippen LogP contribution in [0.5, 0.6) is 5.75 Å². The zero-order chi connectivity index (χ0) is 33.3. The van der Waals surface area contributed by atoms with Gasteiger partial charge in [-0.05, 0) is 85.3 Å². The molecule has 4 nitrogen and oxygen atoms in total. The van der Waals surface area contributed by atoms with Crippen LogP contribution in [0.4, 0.5) is 0 Å². The fourth-order valence-corrected chi connectivity index (χ4v) is 6.52. The van der Waals surface area contributed by atoms with Gasteiger partial charge in [0.05, 0.1) is 27.9 Å². The Labute approximate surface area is 272 Å². The summed E-state index contributed by atoms with van der Waals surface area (Å²) in [6.07, 6.45) is 4.61. The van der Waals surface area contributed by atoms with Gasteiger partial charge in [0.2, 0.25) is 0 Å². The second-order valence-electron chi connectivity index (χ2n) is 17.2. The van der Waals surface area contributed by atoms with E-state index in [9.17, 15) is 5.11 Å². The lowest BCUT2D eigenvalue weighted by molar-refractivity contribution is 0.00578. The second-order valence-corrected chi connectivity index (χ2v) is 17.2. The van der Waals surface area contributed by atoms with Crippen LogP contribution in [0.2, 0.25) is 0 Å². The molecule has 0 atom stereocenters. The van der Waals surface area contributed by atoms with Gasteiger partial charge in [-0.25, -0.2) is 0 Å². The molecule has 1 aliphatic heterocycles. The smallest absolute Gasteiger partial charge is 0.498 e. The van der Waals surface area contributed by atoms with Gasteiger partial charge in [0.15, 0.2) is 0 Å². The van der Waals surface area contributed by atoms with Crippen molar-refractivity contribution in [3.63, 3.8) is 0 Å². The maximum atomic E-state index is 12.4. The highest BCUT2D eigenvalue weighted by Crippen LogP contribution is 2.43. The number of phenolic OH excluding ortho intramolecular Hbond substituents is 1. The summed E-state index contributed by atoms with van der Waals surface area (Å²) in [7, 11) is -0.677. The lowest BCUT2D eigenvalue weighted by Gasteiger charge is -2.32. The van der Waals surface area contributed by atoms with Gasteiger partial charge in [-0.1, -0.05) is 112 Å². The number of hydrogen-bond donors (Lipinski definition) is 1. The normalized spacial score (nSPS) is 17.1. The first kappa shape index (κ1) is 33.6. The minimum atomic E-state index is -0.677. The summed E-state index contributed by atoms with van der Waals surface area (Å²) in [6, 6.07) is 18.0. The van der Waals surface area contributed by atoms with Crippen LogP contribution in [0, 0.1) is 0 Å². The standard InChI is InChI=1S/C40H56BNO3/c1-14-15-16-21-38(8,9)28-22-31(41-44-39(10,11)40(12,13)45-41)35(43)34(25-28)42-32-23-26(36(2,3)4)17-19-29(32)30-20-18-27(24-33(30)42)37(5,6)7/h17-20,22-25,43H,14-16,21H2,1-13H3. The van der Waals surface area contributed by atoms with Gasteiger partial charge in [0.1, 0.15) is 5.75 Å². The summed E-state index contributed by atoms with van der Waals surface area (Å²) < 4.78 is 15.5. The molecule has 0 unspecified atom stereocenters. The Bertz CT molecular complexity index is 1640. The predicted molar refractivity (Wildman–Crippen MR) is 193 cm³/mol. The van der Waals surface area contributed by atoms with Crippen molar-refractivity contribution in [2.24, 2.45) is 0 Å². The van der Waals surface area contributed by atoms with Crippen LogP contribution >= 0.6 is 0 Å². The van der Waals surface area contributed by atoms with Crippen molar-refractivity contribution in [3.8, 4) is 11.4 Å². The number of phenols is 1. The van der Waals surface area contributed by atoms with Gasteiger partial charge in [-0.15, -0.1) is 0 Å². The number of aromatic hydroxyl groups is 1. The lowest BCUT2D eigenvalue weighted by atomic mass is 9.72. The monoisotopic (exact) mass is 609 g/mol. The molecule has 1 saturated heterocycles. The summed E-state index contributed by atoms with van der Waals surface area (Å²) in [5.41, 5.74) is 6.17. The topological polar surface area (TPSA) is 43.6 Å². The molecular formula is C40H56BNO3. The van der Waals surface area contributed by atoms with E-state index < -0.39 is 18.3 Å². The highest BCUT2D eigenvalue weighted by atomic mass is 16.7. The third kappa shape index (κ3) is 6.08. The molecular weight excluding hydrogens is 553 g/mol. The van der Waals surface area contributed by atoms with Crippen molar-refractivity contribution in [1.82, 2.24) is 4.57 Å². The first-order chi connectivity index (χ1) is 20.7. The summed E-state index contributed by atoms with van der Waals surface area (Å²) in [5, 5.41) is 14.7. The Morgan fingerprint density at radius 2 is 1.18 bits per heavy atom. The number of nitrogens with zero attached hydrogens (tertiary/aromatic N) is 1. The van der Waals surface area contributed by atoms with E-state index >= 15 is 0 Å². The fourth-order valence-electron chi connectivity index (χ4n) is 6.52. The Balaban J connectivity index is 1.87. The van der Waals surface area contributed by atoms with Gasteiger partial charge in [0, 0.05) is 16.2 Å². The van der Waals surface area contributed by atoms with Gasteiger partial charge in [-0.2, -0.15) is 0 Å². The van der Waals surface area contributed by atoms with Crippen LogP contribution in [-0.2, 0) is 25.6 Å². The summed E-state index contributed by atoms with van der Waals surface area (Å²) in [4.78, 5) is 0. The summed E-state index contributed by atoms with van der Waals surface area (Å²) in [6.45, 7) is 28.7. The zero-order valence-corrected chi connectivity index (χ0v) is 30.2. The summed E-state index contributed by atoms with van der Waals surface area (Å²) in [5.74, 6) is 0.211. The van der Waals surface area contributed by atoms with Crippen molar-refractivity contribution < 1.29 is 14.4 Å². The molecule has 242 valence electrons. The van der Waals surface area contributed by atoms with E-state index in [1.165, 1.54) is 40.3 Å². The maximum Gasteiger partial charge on any atom is 0.498 e. The van der Waals surface area contributed by atoms with Crippen LogP contribution in [0.25, 0.3) is 27.5 Å². The van der Waals surface area contributed by atoms with Crippen molar-refractivity contribution in [1.29, 1.82) is 0 Å². The molecule has 5 rings (SSSR count). The van der Waals surface area contributed by atoms with E-state index in [1.54, 1.807) is 0 Å². The molecule has 0 bridgehead atoms. The molecule has 0 saturated carbocycles. The highest BCUT2D eigenvalue weighted by Gasteiger charge is 2.53. The van der Waals surface area contributed by atoms with Crippen LogP contribution in [0.3, 0.4) is 0 Å². The molecule has 1 aromatic heterocycles. The van der Waals surface area contributed by atoms with Crippen molar-refractivity contribution in [2.45, 2.75) is 143 Å². The fraction of sp³-hybridized carbons (Fsp3) is 0.550. The molecule has 3 aromatic carbocycles. The number of aromatic nitrogens is 1. The van der Waals surface area contributed by atoms with Gasteiger partial charge < -0.3 is 19.0 Å². The van der Waals surface area contributed by atoms with Gasteiger partial charge in [0.25, 0.3) is 0 Å². The SMILES string of the molecule is CCCCCC(C)(C)c1cc(B2OC(C)(C)C(C)(C)O2)c(O)c(-n2c3cc(C(C)(C)C)ccc3c3ccc(C(C)(C)C)cc32)c1. The first-order valence-corrected chi connectivity index (χ1v) is 17.0. The first-order valence-electron chi connectivity index (χ1n) is 17.0. The number of benzene rings is 3. The second kappa shape index (κ2) is 11.2. The van der Waals surface area contributed by atoms with Gasteiger partial charge in [-0.3, -0.25) is 0 Å². The number of rotatable bonds is 7. The quantitative estimate of drug-likeness (QED) is 0.168. The van der Waals surface area contributed by atoms with Crippen molar-refractivity contribution in [2.75, 3.05) is 0 Å². The molecule has 0 spiro atoms. The summed E-state index contributed by atoms with van der Waals surface area (Å²) >= 11 is 0. The van der Waals surface area contributed by atoms with E-state index in [2.05, 4.69) is 143 Å². The predicted octanol–water partition coefficient (Wildman–Crippen LogP) is 10.2.